The molecule has 0 fully saturated rings. The molecule has 2 aliphatic heterocycles. The molecule has 2 heterocycles. The normalized spacial score (nSPS) is 16.8. The number of aromatic carboxylic acids is 1. The Morgan fingerprint density at radius 3 is 1.95 bits per heavy atom. The minimum atomic E-state index is -1.51. The van der Waals surface area contributed by atoms with Gasteiger partial charge >= 0.3 is 5.97 Å². The first-order chi connectivity index (χ1) is 26.4. The van der Waals surface area contributed by atoms with Gasteiger partial charge in [0.15, 0.2) is 18.5 Å². The minimum Gasteiger partial charge on any atom is -0.478 e. The van der Waals surface area contributed by atoms with Gasteiger partial charge in [-0.05, 0) is 88.9 Å². The van der Waals surface area contributed by atoms with E-state index in [1.807, 2.05) is 24.3 Å². The van der Waals surface area contributed by atoms with Crippen molar-refractivity contribution in [2.24, 2.45) is 0 Å². The zero-order valence-corrected chi connectivity index (χ0v) is 32.0. The molecule has 55 heavy (non-hydrogen) atoms. The van der Waals surface area contributed by atoms with Gasteiger partial charge in [-0.25, -0.2) is 4.79 Å². The maximum absolute atomic E-state index is 11.7. The van der Waals surface area contributed by atoms with Crippen LogP contribution < -0.4 is 4.90 Å². The summed E-state index contributed by atoms with van der Waals surface area (Å²) in [7, 11) is 0. The van der Waals surface area contributed by atoms with E-state index in [-0.39, 0.29) is 16.4 Å². The van der Waals surface area contributed by atoms with Crippen molar-refractivity contribution in [3.05, 3.63) is 178 Å². The lowest BCUT2D eigenvalue weighted by molar-refractivity contribution is -0.455. The van der Waals surface area contributed by atoms with Gasteiger partial charge in [-0.15, -0.1) is 0 Å². The van der Waals surface area contributed by atoms with Crippen LogP contribution in [0.15, 0.2) is 145 Å². The summed E-state index contributed by atoms with van der Waals surface area (Å²) in [5.74, 6) is -0.929. The number of allylic oxidation sites excluding steroid dienone is 4. The number of carboxylic acids is 1. The van der Waals surface area contributed by atoms with Crippen molar-refractivity contribution in [1.29, 1.82) is 0 Å². The molecule has 8 rings (SSSR count). The second-order valence-electron chi connectivity index (χ2n) is 15.9. The topological polar surface area (TPSA) is 84.0 Å². The van der Waals surface area contributed by atoms with Crippen LogP contribution in [0.5, 0.6) is 0 Å². The predicted molar refractivity (Wildman–Crippen MR) is 222 cm³/mol. The lowest BCUT2D eigenvalue weighted by atomic mass is 9.78. The third-order valence-corrected chi connectivity index (χ3v) is 11.7. The van der Waals surface area contributed by atoms with Crippen molar-refractivity contribution < 1.29 is 24.7 Å². The molecule has 0 atom stereocenters. The van der Waals surface area contributed by atoms with Crippen LogP contribution in [0.4, 0.5) is 11.4 Å². The third-order valence-electron chi connectivity index (χ3n) is 11.7. The van der Waals surface area contributed by atoms with E-state index in [0.717, 1.165) is 17.5 Å². The number of aliphatic hydroxyl groups is 2. The van der Waals surface area contributed by atoms with Crippen molar-refractivity contribution in [2.75, 3.05) is 4.90 Å². The molecule has 0 radical (unpaired) electrons. The summed E-state index contributed by atoms with van der Waals surface area (Å²) < 4.78 is 2.42. The van der Waals surface area contributed by atoms with Gasteiger partial charge in [-0.1, -0.05) is 112 Å². The molecule has 0 spiro atoms. The summed E-state index contributed by atoms with van der Waals surface area (Å²) in [5, 5.41) is 34.0. The van der Waals surface area contributed by atoms with Crippen LogP contribution in [-0.2, 0) is 23.9 Å². The second-order valence-corrected chi connectivity index (χ2v) is 15.9. The molecule has 2 aliphatic rings. The first-order valence-corrected chi connectivity index (χ1v) is 19.1. The number of anilines is 1. The molecule has 6 nitrogen and oxygen atoms in total. The van der Waals surface area contributed by atoms with E-state index in [1.165, 1.54) is 61.0 Å². The average molecular weight is 728 g/mol. The molecular weight excluding hydrogens is 681 g/mol. The van der Waals surface area contributed by atoms with Gasteiger partial charge in [0.25, 0.3) is 0 Å². The Morgan fingerprint density at radius 2 is 1.33 bits per heavy atom. The summed E-state index contributed by atoms with van der Waals surface area (Å²) in [4.78, 5) is 14.1. The first kappa shape index (κ1) is 36.2. The Morgan fingerprint density at radius 1 is 0.727 bits per heavy atom. The lowest BCUT2D eigenvalue weighted by Gasteiger charge is -2.28. The smallest absolute Gasteiger partial charge is 0.335 e. The molecule has 0 amide bonds. The van der Waals surface area contributed by atoms with Crippen molar-refractivity contribution >= 4 is 44.6 Å². The molecule has 6 aromatic carbocycles. The van der Waals surface area contributed by atoms with E-state index >= 15 is 0 Å². The number of carboxylic acid groups (broad SMARTS) is 1. The number of aliphatic hydroxyl groups excluding tert-OH is 1. The molecule has 276 valence electrons. The number of fused-ring (bicyclic) bond motifs is 6. The summed E-state index contributed by atoms with van der Waals surface area (Å²) >= 11 is 0. The van der Waals surface area contributed by atoms with Gasteiger partial charge < -0.3 is 20.2 Å². The Labute approximate surface area is 322 Å². The highest BCUT2D eigenvalue weighted by Crippen LogP contribution is 2.52. The fourth-order valence-electron chi connectivity index (χ4n) is 8.84. The highest BCUT2D eigenvalue weighted by molar-refractivity contribution is 6.08. The molecular formula is C49H47N2O4+. The minimum absolute atomic E-state index is 0.278. The van der Waals surface area contributed by atoms with Crippen molar-refractivity contribution in [2.45, 2.75) is 71.2 Å². The molecule has 6 heteroatoms. The average Bonchev–Trinajstić information content (AvgIpc) is 3.52. The number of rotatable bonds is 9. The van der Waals surface area contributed by atoms with Crippen molar-refractivity contribution in [1.82, 2.24) is 0 Å². The maximum atomic E-state index is 11.7. The van der Waals surface area contributed by atoms with E-state index in [1.54, 1.807) is 24.3 Å². The maximum Gasteiger partial charge on any atom is 0.335 e. The number of benzene rings is 6. The van der Waals surface area contributed by atoms with Gasteiger partial charge in [0, 0.05) is 52.2 Å². The van der Waals surface area contributed by atoms with Crippen LogP contribution in [-0.4, -0.2) is 31.6 Å². The Hall–Kier alpha value is -5.82. The van der Waals surface area contributed by atoms with Gasteiger partial charge in [0.2, 0.25) is 5.69 Å². The van der Waals surface area contributed by atoms with E-state index < -0.39 is 12.3 Å². The number of hydrogen-bond donors (Lipinski definition) is 3. The predicted octanol–water partition coefficient (Wildman–Crippen LogP) is 10.5. The Bertz CT molecular complexity index is 2570. The SMILES string of the molecule is CCC(=C\C1=[N+](Cc2ccc(C(=O)O)cc2)c2ccc3ccccc3c2C1(C)C)/C=C1/N(Cc2ccc(C(O)O)cc2)c2ccc3ccccc3c2C1(C)C. The summed E-state index contributed by atoms with van der Waals surface area (Å²) in [6.45, 7) is 12.7. The van der Waals surface area contributed by atoms with Gasteiger partial charge in [0.1, 0.15) is 0 Å². The highest BCUT2D eigenvalue weighted by atomic mass is 16.5. The van der Waals surface area contributed by atoms with E-state index in [9.17, 15) is 20.1 Å². The monoisotopic (exact) mass is 727 g/mol. The zero-order valence-electron chi connectivity index (χ0n) is 32.0. The van der Waals surface area contributed by atoms with Crippen LogP contribution in [0.1, 0.15) is 85.5 Å². The summed E-state index contributed by atoms with van der Waals surface area (Å²) in [6.07, 6.45) is 4.08. The largest absolute Gasteiger partial charge is 0.478 e. The molecule has 0 saturated heterocycles. The van der Waals surface area contributed by atoms with Crippen LogP contribution in [0.25, 0.3) is 21.5 Å². The van der Waals surface area contributed by atoms with Crippen LogP contribution in [0.2, 0.25) is 0 Å². The number of nitrogens with zero attached hydrogens (tertiary/aromatic N) is 2. The molecule has 6 aromatic rings. The second kappa shape index (κ2) is 13.8. The van der Waals surface area contributed by atoms with Gasteiger partial charge in [0.05, 0.1) is 11.0 Å². The zero-order chi connectivity index (χ0) is 38.6. The number of hydrogen-bond acceptors (Lipinski definition) is 4. The van der Waals surface area contributed by atoms with E-state index in [4.69, 9.17) is 0 Å². The standard InChI is InChI=1S/C49H46N2O4/c1-6-31(27-42-48(2,3)44-38-13-9-7-11-34(38)23-25-40(44)50(42)29-32-15-19-36(20-16-32)46(52)53)28-43-49(4,5)45-39-14-10-8-12-35(39)24-26-41(45)51(43)30-33-17-21-37(22-18-33)47(54)55/h7-28,46,52-53H,6,29-30H2,1-5H3/p+1. The van der Waals surface area contributed by atoms with Crippen LogP contribution in [0.3, 0.4) is 0 Å². The number of carbonyl (C=O) groups is 1. The molecule has 0 unspecified atom stereocenters. The molecule has 0 saturated carbocycles. The fourth-order valence-corrected chi connectivity index (χ4v) is 8.84. The summed E-state index contributed by atoms with van der Waals surface area (Å²) in [5.41, 5.74) is 10.7. The first-order valence-electron chi connectivity index (χ1n) is 19.1. The van der Waals surface area contributed by atoms with Gasteiger partial charge in [-0.3, -0.25) is 0 Å². The fraction of sp³-hybridized carbons (Fsp3) is 0.224. The van der Waals surface area contributed by atoms with Crippen LogP contribution >= 0.6 is 0 Å². The quantitative estimate of drug-likeness (QED) is 0.102. The summed E-state index contributed by atoms with van der Waals surface area (Å²) in [6, 6.07) is 40.9. The lowest BCUT2D eigenvalue weighted by Crippen LogP contribution is -2.29. The van der Waals surface area contributed by atoms with Gasteiger partial charge in [-0.2, -0.15) is 4.58 Å². The van der Waals surface area contributed by atoms with Crippen LogP contribution in [0, 0.1) is 0 Å². The molecule has 3 N–H and O–H groups in total. The Balaban J connectivity index is 1.30. The van der Waals surface area contributed by atoms with E-state index in [2.05, 4.69) is 129 Å². The highest BCUT2D eigenvalue weighted by Gasteiger charge is 2.46. The molecule has 0 bridgehead atoms. The van der Waals surface area contributed by atoms with E-state index in [0.29, 0.717) is 18.7 Å². The van der Waals surface area contributed by atoms with Crippen molar-refractivity contribution in [3.8, 4) is 0 Å². The van der Waals surface area contributed by atoms with Crippen molar-refractivity contribution in [3.63, 3.8) is 0 Å². The Kier molecular flexibility index (Phi) is 9.07. The third kappa shape index (κ3) is 6.25. The molecule has 0 aromatic heterocycles. The molecule has 0 aliphatic carbocycles.